The van der Waals surface area contributed by atoms with Crippen LogP contribution in [0.3, 0.4) is 0 Å². The maximum Gasteiger partial charge on any atom is 0.416 e. The van der Waals surface area contributed by atoms with E-state index in [9.17, 15) is 18.0 Å². The van der Waals surface area contributed by atoms with Crippen LogP contribution in [0.5, 0.6) is 17.2 Å². The van der Waals surface area contributed by atoms with Gasteiger partial charge in [0.2, 0.25) is 18.3 Å². The lowest BCUT2D eigenvalue weighted by molar-refractivity contribution is -0.913. The van der Waals surface area contributed by atoms with Crippen molar-refractivity contribution in [3.8, 4) is 28.6 Å². The van der Waals surface area contributed by atoms with E-state index in [0.717, 1.165) is 47.2 Å². The summed E-state index contributed by atoms with van der Waals surface area (Å²) in [5, 5.41) is 0.0949. The van der Waals surface area contributed by atoms with Gasteiger partial charge in [-0.25, -0.2) is 0 Å². The molecule has 0 aliphatic carbocycles. The zero-order valence-electron chi connectivity index (χ0n) is 18.9. The number of ether oxygens (including phenoxy) is 3. The first-order valence-electron chi connectivity index (χ1n) is 11.0. The number of halogens is 4. The van der Waals surface area contributed by atoms with Gasteiger partial charge >= 0.3 is 6.18 Å². The lowest BCUT2D eigenvalue weighted by atomic mass is 9.88. The molecule has 184 valence electrons. The second-order valence-electron chi connectivity index (χ2n) is 8.60. The molecule has 3 heterocycles. The Balaban J connectivity index is 1.45. The lowest BCUT2D eigenvalue weighted by Crippen LogP contribution is -3.10. The molecule has 0 bridgehead atoms. The summed E-state index contributed by atoms with van der Waals surface area (Å²) >= 11 is 6.13. The fourth-order valence-electron chi connectivity index (χ4n) is 4.71. The van der Waals surface area contributed by atoms with Gasteiger partial charge in [0.15, 0.2) is 17.3 Å². The smallest absolute Gasteiger partial charge is 0.416 e. The van der Waals surface area contributed by atoms with Gasteiger partial charge in [-0.1, -0.05) is 11.6 Å². The SMILES string of the molecule is COc1c2c(cc3c1[C@@H](CC(=O)c1ccc(-c4cc(C(F)(F)F)ccc4Cl)o1)[NH+](C)CC3)OCO2. The van der Waals surface area contributed by atoms with Crippen LogP contribution in [0, 0.1) is 0 Å². The minimum Gasteiger partial charge on any atom is -0.492 e. The molecule has 1 N–H and O–H groups in total. The van der Waals surface area contributed by atoms with Gasteiger partial charge in [-0.2, -0.15) is 13.2 Å². The number of ketones is 1. The summed E-state index contributed by atoms with van der Waals surface area (Å²) in [5.74, 6) is 1.57. The molecular weight excluding hydrogens is 487 g/mol. The van der Waals surface area contributed by atoms with Crippen LogP contribution >= 0.6 is 11.6 Å². The van der Waals surface area contributed by atoms with Gasteiger partial charge in [0.1, 0.15) is 11.8 Å². The summed E-state index contributed by atoms with van der Waals surface area (Å²) in [6, 6.07) is 7.60. The highest BCUT2D eigenvalue weighted by Gasteiger charge is 2.38. The Kier molecular flexibility index (Phi) is 5.93. The predicted octanol–water partition coefficient (Wildman–Crippen LogP) is 4.74. The minimum absolute atomic E-state index is 0.0492. The highest BCUT2D eigenvalue weighted by atomic mass is 35.5. The molecule has 1 aromatic heterocycles. The zero-order chi connectivity index (χ0) is 24.9. The van der Waals surface area contributed by atoms with Crippen molar-refractivity contribution >= 4 is 17.4 Å². The van der Waals surface area contributed by atoms with Gasteiger partial charge in [-0.05, 0) is 42.0 Å². The van der Waals surface area contributed by atoms with Crippen molar-refractivity contribution in [1.29, 1.82) is 0 Å². The first-order chi connectivity index (χ1) is 16.7. The molecule has 5 rings (SSSR count). The molecule has 10 heteroatoms. The molecule has 0 spiro atoms. The number of fused-ring (bicyclic) bond motifs is 2. The second-order valence-corrected chi connectivity index (χ2v) is 9.01. The fourth-order valence-corrected chi connectivity index (χ4v) is 4.92. The number of alkyl halides is 3. The number of methoxy groups -OCH3 is 1. The average Bonchev–Trinajstić information content (AvgIpc) is 3.49. The number of likely N-dealkylation sites (N-methyl/N-ethyl adjacent to an activating group) is 1. The normalized spacial score (nSPS) is 18.9. The summed E-state index contributed by atoms with van der Waals surface area (Å²) < 4.78 is 62.0. The van der Waals surface area contributed by atoms with E-state index >= 15 is 0 Å². The quantitative estimate of drug-likeness (QED) is 0.504. The molecule has 0 radical (unpaired) electrons. The summed E-state index contributed by atoms with van der Waals surface area (Å²) in [7, 11) is 3.55. The number of hydrogen-bond acceptors (Lipinski definition) is 5. The summed E-state index contributed by atoms with van der Waals surface area (Å²) in [6.45, 7) is 0.908. The first kappa shape index (κ1) is 23.6. The molecule has 0 saturated heterocycles. The number of carbonyl (C=O) groups is 1. The van der Waals surface area contributed by atoms with Crippen LogP contribution in [0.4, 0.5) is 13.2 Å². The Morgan fingerprint density at radius 3 is 2.74 bits per heavy atom. The summed E-state index contributed by atoms with van der Waals surface area (Å²) in [5.41, 5.74) is 1.14. The minimum atomic E-state index is -4.53. The number of rotatable bonds is 5. The van der Waals surface area contributed by atoms with Crippen molar-refractivity contribution in [2.75, 3.05) is 27.5 Å². The molecular formula is C25H22ClF3NO5+. The number of nitrogens with one attached hydrogen (secondary N) is 1. The van der Waals surface area contributed by atoms with Gasteiger partial charge < -0.3 is 23.5 Å². The number of Topliss-reactive ketones (excluding diaryl/α,β-unsaturated/α-hetero) is 1. The molecule has 1 unspecified atom stereocenters. The maximum atomic E-state index is 13.2. The molecule has 2 atom stereocenters. The molecule has 35 heavy (non-hydrogen) atoms. The Bertz CT molecular complexity index is 1300. The van der Waals surface area contributed by atoms with Crippen LogP contribution in [0.15, 0.2) is 40.8 Å². The average molecular weight is 509 g/mol. The van der Waals surface area contributed by atoms with Crippen LogP contribution in [-0.2, 0) is 12.6 Å². The van der Waals surface area contributed by atoms with E-state index in [2.05, 4.69) is 0 Å². The van der Waals surface area contributed by atoms with E-state index in [1.54, 1.807) is 7.11 Å². The monoisotopic (exact) mass is 508 g/mol. The van der Waals surface area contributed by atoms with Crippen LogP contribution in [0.25, 0.3) is 11.3 Å². The fraction of sp³-hybridized carbons (Fsp3) is 0.320. The van der Waals surface area contributed by atoms with E-state index in [1.165, 1.54) is 12.1 Å². The van der Waals surface area contributed by atoms with Crippen molar-refractivity contribution in [3.63, 3.8) is 0 Å². The molecule has 0 fully saturated rings. The second kappa shape index (κ2) is 8.80. The van der Waals surface area contributed by atoms with Crippen molar-refractivity contribution in [2.45, 2.75) is 25.1 Å². The third-order valence-corrected chi connectivity index (χ3v) is 6.84. The highest BCUT2D eigenvalue weighted by Crippen LogP contribution is 2.48. The summed E-state index contributed by atoms with van der Waals surface area (Å²) in [4.78, 5) is 14.4. The van der Waals surface area contributed by atoms with E-state index in [1.807, 2.05) is 13.1 Å². The maximum absolute atomic E-state index is 13.2. The number of carbonyl (C=O) groups excluding carboxylic acids is 1. The Hall–Kier alpha value is -3.17. The predicted molar refractivity (Wildman–Crippen MR) is 120 cm³/mol. The number of quaternary nitrogens is 1. The molecule has 2 aliphatic heterocycles. The van der Waals surface area contributed by atoms with E-state index < -0.39 is 11.7 Å². The first-order valence-corrected chi connectivity index (χ1v) is 11.4. The van der Waals surface area contributed by atoms with Crippen LogP contribution in [0.2, 0.25) is 5.02 Å². The van der Waals surface area contributed by atoms with Gasteiger partial charge in [-0.15, -0.1) is 0 Å². The van der Waals surface area contributed by atoms with E-state index in [4.69, 9.17) is 30.2 Å². The van der Waals surface area contributed by atoms with Crippen LogP contribution < -0.4 is 19.1 Å². The van der Waals surface area contributed by atoms with Gasteiger partial charge in [0, 0.05) is 12.0 Å². The topological polar surface area (TPSA) is 62.3 Å². The highest BCUT2D eigenvalue weighted by molar-refractivity contribution is 6.33. The molecule has 6 nitrogen and oxygen atoms in total. The van der Waals surface area contributed by atoms with Crippen molar-refractivity contribution in [3.05, 3.63) is 63.9 Å². The molecule has 2 aliphatic rings. The van der Waals surface area contributed by atoms with Crippen molar-refractivity contribution < 1.29 is 41.5 Å². The Labute approximate surface area is 204 Å². The standard InChI is InChI=1S/C25H21ClF3NO5/c1-30-8-7-13-9-21-23(34-12-33-21)24(32-2)22(13)17(30)11-18(31)20-6-5-19(35-20)15-10-14(25(27,28)29)3-4-16(15)26/h3-6,9-10,17H,7-8,11-12H2,1-2H3/p+1/t17-/m1/s1. The van der Waals surface area contributed by atoms with Gasteiger partial charge in [-0.3, -0.25) is 4.79 Å². The largest absolute Gasteiger partial charge is 0.492 e. The van der Waals surface area contributed by atoms with Crippen LogP contribution in [-0.4, -0.2) is 33.3 Å². The molecule has 3 aromatic rings. The zero-order valence-corrected chi connectivity index (χ0v) is 19.7. The lowest BCUT2D eigenvalue weighted by Gasteiger charge is -2.32. The Morgan fingerprint density at radius 1 is 1.20 bits per heavy atom. The van der Waals surface area contributed by atoms with Crippen molar-refractivity contribution in [1.82, 2.24) is 0 Å². The van der Waals surface area contributed by atoms with Gasteiger partial charge in [0.05, 0.1) is 43.3 Å². The third kappa shape index (κ3) is 4.23. The number of furan rings is 1. The third-order valence-electron chi connectivity index (χ3n) is 6.51. The van der Waals surface area contributed by atoms with Gasteiger partial charge in [0.25, 0.3) is 0 Å². The van der Waals surface area contributed by atoms with Crippen LogP contribution in [0.1, 0.15) is 39.7 Å². The number of hydrogen-bond donors (Lipinski definition) is 1. The summed E-state index contributed by atoms with van der Waals surface area (Å²) in [6.07, 6.45) is -3.63. The Morgan fingerprint density at radius 2 is 2.00 bits per heavy atom. The molecule has 2 aromatic carbocycles. The molecule has 0 amide bonds. The van der Waals surface area contributed by atoms with E-state index in [0.29, 0.717) is 17.2 Å². The van der Waals surface area contributed by atoms with E-state index in [-0.39, 0.29) is 47.1 Å². The van der Waals surface area contributed by atoms with Crippen molar-refractivity contribution in [2.24, 2.45) is 0 Å². The number of benzene rings is 2. The molecule has 0 saturated carbocycles.